The summed E-state index contributed by atoms with van der Waals surface area (Å²) >= 11 is 0. The van der Waals surface area contributed by atoms with Gasteiger partial charge in [0, 0.05) is 23.4 Å². The number of aromatic amines is 1. The molecular weight excluding hydrogens is 410 g/mol. The van der Waals surface area contributed by atoms with Crippen molar-refractivity contribution in [3.05, 3.63) is 35.5 Å². The number of nitrogens with two attached hydrogens (primary N) is 1. The highest BCUT2D eigenvalue weighted by Gasteiger charge is 2.32. The maximum absolute atomic E-state index is 13.0. The van der Waals surface area contributed by atoms with Crippen molar-refractivity contribution in [2.45, 2.75) is 52.1 Å². The molecule has 1 fully saturated rings. The third kappa shape index (κ3) is 5.46. The quantitative estimate of drug-likeness (QED) is 0.397. The first-order chi connectivity index (χ1) is 15.2. The van der Waals surface area contributed by atoms with E-state index in [1.54, 1.807) is 6.07 Å². The lowest BCUT2D eigenvalue weighted by molar-refractivity contribution is -0.130. The van der Waals surface area contributed by atoms with E-state index in [1.807, 2.05) is 39.0 Å². The minimum atomic E-state index is -0.987. The molecule has 3 rings (SSSR count). The van der Waals surface area contributed by atoms with Gasteiger partial charge in [0.15, 0.2) is 0 Å². The van der Waals surface area contributed by atoms with Crippen molar-refractivity contribution in [2.75, 3.05) is 6.54 Å². The highest BCUT2D eigenvalue weighted by Crippen LogP contribution is 2.20. The SMILES string of the molecule is Cc1cccc2[nH]c(C(=O)N[C@@H](CC(C)C)C(=O)N[C@@H](C[C@@H]3CCNC3=O)C(N)=O)cc12. The predicted octanol–water partition coefficient (Wildman–Crippen LogP) is 1.12. The minimum absolute atomic E-state index is 0.114. The molecule has 1 aromatic heterocycles. The molecule has 0 unspecified atom stereocenters. The number of fused-ring (bicyclic) bond motifs is 1. The Balaban J connectivity index is 1.72. The van der Waals surface area contributed by atoms with Gasteiger partial charge in [-0.2, -0.15) is 0 Å². The fraction of sp³-hybridized carbons (Fsp3) is 0.478. The summed E-state index contributed by atoms with van der Waals surface area (Å²) in [5.74, 6) is -2.02. The monoisotopic (exact) mass is 441 g/mol. The van der Waals surface area contributed by atoms with Crippen molar-refractivity contribution in [3.8, 4) is 0 Å². The smallest absolute Gasteiger partial charge is 0.268 e. The van der Waals surface area contributed by atoms with Gasteiger partial charge in [0.1, 0.15) is 17.8 Å². The summed E-state index contributed by atoms with van der Waals surface area (Å²) < 4.78 is 0. The third-order valence-electron chi connectivity index (χ3n) is 5.80. The molecule has 1 aromatic carbocycles. The van der Waals surface area contributed by atoms with Gasteiger partial charge in [-0.3, -0.25) is 19.2 Å². The number of hydrogen-bond donors (Lipinski definition) is 5. The van der Waals surface area contributed by atoms with Crippen molar-refractivity contribution in [1.82, 2.24) is 20.9 Å². The van der Waals surface area contributed by atoms with Gasteiger partial charge in [0.2, 0.25) is 17.7 Å². The van der Waals surface area contributed by atoms with Crippen molar-refractivity contribution in [3.63, 3.8) is 0 Å². The molecule has 172 valence electrons. The van der Waals surface area contributed by atoms with E-state index in [1.165, 1.54) is 0 Å². The third-order valence-corrected chi connectivity index (χ3v) is 5.80. The first kappa shape index (κ1) is 23.3. The lowest BCUT2D eigenvalue weighted by Gasteiger charge is -2.24. The predicted molar refractivity (Wildman–Crippen MR) is 121 cm³/mol. The van der Waals surface area contributed by atoms with Crippen LogP contribution in [0.3, 0.4) is 0 Å². The fourth-order valence-corrected chi connectivity index (χ4v) is 4.04. The summed E-state index contributed by atoms with van der Waals surface area (Å²) in [6.45, 7) is 6.38. The molecule has 2 heterocycles. The van der Waals surface area contributed by atoms with Crippen LogP contribution in [0.2, 0.25) is 0 Å². The second kappa shape index (κ2) is 9.84. The normalized spacial score (nSPS) is 17.8. The van der Waals surface area contributed by atoms with Crippen molar-refractivity contribution >= 4 is 34.5 Å². The van der Waals surface area contributed by atoms with E-state index in [-0.39, 0.29) is 24.2 Å². The first-order valence-electron chi connectivity index (χ1n) is 10.9. The van der Waals surface area contributed by atoms with E-state index in [9.17, 15) is 19.2 Å². The van der Waals surface area contributed by atoms with Gasteiger partial charge in [0.25, 0.3) is 5.91 Å². The number of rotatable bonds is 9. The van der Waals surface area contributed by atoms with Crippen LogP contribution in [0.4, 0.5) is 0 Å². The van der Waals surface area contributed by atoms with Gasteiger partial charge >= 0.3 is 0 Å². The average Bonchev–Trinajstić information content (AvgIpc) is 3.33. The van der Waals surface area contributed by atoms with Crippen LogP contribution in [0.25, 0.3) is 10.9 Å². The number of carbonyl (C=O) groups is 4. The van der Waals surface area contributed by atoms with Crippen LogP contribution in [-0.4, -0.2) is 47.2 Å². The van der Waals surface area contributed by atoms with E-state index >= 15 is 0 Å². The van der Waals surface area contributed by atoms with Crippen molar-refractivity contribution in [2.24, 2.45) is 17.6 Å². The fourth-order valence-electron chi connectivity index (χ4n) is 4.04. The zero-order valence-electron chi connectivity index (χ0n) is 18.7. The molecule has 0 spiro atoms. The van der Waals surface area contributed by atoms with Crippen molar-refractivity contribution < 1.29 is 19.2 Å². The number of amides is 4. The van der Waals surface area contributed by atoms with E-state index in [2.05, 4.69) is 20.9 Å². The topological polar surface area (TPSA) is 146 Å². The second-order valence-electron chi connectivity index (χ2n) is 8.85. The summed E-state index contributed by atoms with van der Waals surface area (Å²) in [4.78, 5) is 52.8. The van der Waals surface area contributed by atoms with Gasteiger partial charge in [-0.25, -0.2) is 0 Å². The van der Waals surface area contributed by atoms with E-state index in [4.69, 9.17) is 5.73 Å². The van der Waals surface area contributed by atoms with Gasteiger partial charge in [0.05, 0.1) is 0 Å². The van der Waals surface area contributed by atoms with Crippen LogP contribution in [0.15, 0.2) is 24.3 Å². The molecular formula is C23H31N5O4. The van der Waals surface area contributed by atoms with Gasteiger partial charge < -0.3 is 26.7 Å². The number of benzene rings is 1. The highest BCUT2D eigenvalue weighted by molar-refractivity contribution is 6.01. The zero-order chi connectivity index (χ0) is 23.4. The first-order valence-corrected chi connectivity index (χ1v) is 10.9. The Morgan fingerprint density at radius 2 is 1.94 bits per heavy atom. The Hall–Kier alpha value is -3.36. The number of aryl methyl sites for hydroxylation is 1. The summed E-state index contributed by atoms with van der Waals surface area (Å²) in [5.41, 5.74) is 7.71. The molecule has 0 aliphatic carbocycles. The van der Waals surface area contributed by atoms with E-state index < -0.39 is 29.8 Å². The molecule has 6 N–H and O–H groups in total. The molecule has 9 heteroatoms. The van der Waals surface area contributed by atoms with E-state index in [0.717, 1.165) is 16.5 Å². The standard InChI is InChI=1S/C23H31N5O4/c1-12(2)9-18(22(31)27-17(20(24)29)10-14-7-8-25-21(14)30)28-23(32)19-11-15-13(3)5-4-6-16(15)26-19/h4-6,11-12,14,17-18,26H,7-10H2,1-3H3,(H2,24,29)(H,25,30)(H,27,31)(H,28,32)/t14-,17-,18-/m0/s1. The number of H-pyrrole nitrogens is 1. The molecule has 0 radical (unpaired) electrons. The summed E-state index contributed by atoms with van der Waals surface area (Å²) in [6.07, 6.45) is 1.10. The maximum atomic E-state index is 13.0. The molecule has 9 nitrogen and oxygen atoms in total. The lowest BCUT2D eigenvalue weighted by atomic mass is 9.97. The molecule has 2 aromatic rings. The molecule has 1 aliphatic heterocycles. The van der Waals surface area contributed by atoms with Crippen LogP contribution in [0.1, 0.15) is 49.2 Å². The van der Waals surface area contributed by atoms with Crippen LogP contribution >= 0.6 is 0 Å². The van der Waals surface area contributed by atoms with Crippen LogP contribution in [0, 0.1) is 18.8 Å². The largest absolute Gasteiger partial charge is 0.368 e. The Kier molecular flexibility index (Phi) is 7.17. The Morgan fingerprint density at radius 3 is 2.53 bits per heavy atom. The minimum Gasteiger partial charge on any atom is -0.368 e. The Labute approximate surface area is 186 Å². The van der Waals surface area contributed by atoms with Crippen LogP contribution in [0.5, 0.6) is 0 Å². The Morgan fingerprint density at radius 1 is 1.19 bits per heavy atom. The molecule has 0 bridgehead atoms. The lowest BCUT2D eigenvalue weighted by Crippen LogP contribution is -2.54. The van der Waals surface area contributed by atoms with Crippen LogP contribution in [-0.2, 0) is 14.4 Å². The molecule has 1 aliphatic rings. The number of carbonyl (C=O) groups excluding carboxylic acids is 4. The number of nitrogens with one attached hydrogen (secondary N) is 4. The zero-order valence-corrected chi connectivity index (χ0v) is 18.7. The van der Waals surface area contributed by atoms with Crippen LogP contribution < -0.4 is 21.7 Å². The number of aromatic nitrogens is 1. The summed E-state index contributed by atoms with van der Waals surface area (Å²) in [7, 11) is 0. The molecule has 3 atom stereocenters. The summed E-state index contributed by atoms with van der Waals surface area (Å²) in [6, 6.07) is 5.66. The van der Waals surface area contributed by atoms with Gasteiger partial charge in [-0.05, 0) is 49.8 Å². The van der Waals surface area contributed by atoms with E-state index in [0.29, 0.717) is 25.1 Å². The second-order valence-corrected chi connectivity index (χ2v) is 8.85. The Bertz CT molecular complexity index is 1030. The molecule has 32 heavy (non-hydrogen) atoms. The van der Waals surface area contributed by atoms with Crippen molar-refractivity contribution in [1.29, 1.82) is 0 Å². The molecule has 4 amide bonds. The highest BCUT2D eigenvalue weighted by atomic mass is 16.2. The summed E-state index contributed by atoms with van der Waals surface area (Å²) in [5, 5.41) is 9.07. The van der Waals surface area contributed by atoms with Gasteiger partial charge in [-0.15, -0.1) is 0 Å². The average molecular weight is 442 g/mol. The molecule has 0 saturated carbocycles. The number of primary amides is 1. The number of hydrogen-bond acceptors (Lipinski definition) is 4. The maximum Gasteiger partial charge on any atom is 0.268 e. The molecule has 1 saturated heterocycles. The van der Waals surface area contributed by atoms with Gasteiger partial charge in [-0.1, -0.05) is 26.0 Å².